The van der Waals surface area contributed by atoms with Crippen molar-refractivity contribution in [3.8, 4) is 11.5 Å². The summed E-state index contributed by atoms with van der Waals surface area (Å²) in [6.45, 7) is 1.74. The summed E-state index contributed by atoms with van der Waals surface area (Å²) in [5, 5.41) is 4.33. The molecule has 3 aromatic heterocycles. The Morgan fingerprint density at radius 2 is 2.13 bits per heavy atom. The summed E-state index contributed by atoms with van der Waals surface area (Å²) >= 11 is 0. The van der Waals surface area contributed by atoms with Gasteiger partial charge in [-0.1, -0.05) is 5.16 Å². The van der Waals surface area contributed by atoms with Crippen LogP contribution >= 0.6 is 12.4 Å². The summed E-state index contributed by atoms with van der Waals surface area (Å²) in [4.78, 5) is 20.9. The molecular formula is C14H16ClN5O3. The van der Waals surface area contributed by atoms with Gasteiger partial charge in [-0.2, -0.15) is 4.98 Å². The number of aromatic nitrogens is 4. The zero-order chi connectivity index (χ0) is 15.5. The summed E-state index contributed by atoms with van der Waals surface area (Å²) in [5.41, 5.74) is 6.23. The molecule has 0 bridgehead atoms. The molecule has 0 spiro atoms. The minimum atomic E-state index is -0.515. The van der Waals surface area contributed by atoms with Gasteiger partial charge in [0.25, 0.3) is 11.4 Å². The second kappa shape index (κ2) is 5.17. The monoisotopic (exact) mass is 337 g/mol. The molecule has 0 aliphatic heterocycles. The first-order valence-corrected chi connectivity index (χ1v) is 7.08. The van der Waals surface area contributed by atoms with E-state index in [0.29, 0.717) is 22.5 Å². The highest BCUT2D eigenvalue weighted by Gasteiger charge is 2.39. The Morgan fingerprint density at radius 1 is 1.39 bits per heavy atom. The molecule has 1 aliphatic carbocycles. The van der Waals surface area contributed by atoms with E-state index in [1.807, 2.05) is 0 Å². The molecule has 4 rings (SSSR count). The van der Waals surface area contributed by atoms with Crippen LogP contribution in [0.3, 0.4) is 0 Å². The lowest BCUT2D eigenvalue weighted by Crippen LogP contribution is -2.44. The van der Waals surface area contributed by atoms with Crippen LogP contribution in [0, 0.1) is 6.92 Å². The van der Waals surface area contributed by atoms with Crippen molar-refractivity contribution in [1.82, 2.24) is 19.7 Å². The summed E-state index contributed by atoms with van der Waals surface area (Å²) < 4.78 is 12.3. The molecular weight excluding hydrogens is 322 g/mol. The van der Waals surface area contributed by atoms with Crippen molar-refractivity contribution in [3.05, 3.63) is 28.3 Å². The fourth-order valence-electron chi connectivity index (χ4n) is 2.75. The van der Waals surface area contributed by atoms with Gasteiger partial charge >= 0.3 is 0 Å². The number of nitrogens with zero attached hydrogens (tertiary/aromatic N) is 4. The van der Waals surface area contributed by atoms with Crippen molar-refractivity contribution in [2.24, 2.45) is 12.8 Å². The lowest BCUT2D eigenvalue weighted by Gasteiger charge is -2.34. The van der Waals surface area contributed by atoms with E-state index < -0.39 is 5.54 Å². The molecule has 0 radical (unpaired) electrons. The summed E-state index contributed by atoms with van der Waals surface area (Å²) in [7, 11) is 1.63. The second-order valence-corrected chi connectivity index (χ2v) is 5.81. The Hall–Kier alpha value is -2.19. The number of hydrogen-bond acceptors (Lipinski definition) is 7. The lowest BCUT2D eigenvalue weighted by atomic mass is 9.77. The van der Waals surface area contributed by atoms with E-state index in [2.05, 4.69) is 15.1 Å². The van der Waals surface area contributed by atoms with Gasteiger partial charge in [0.15, 0.2) is 5.82 Å². The van der Waals surface area contributed by atoms with Gasteiger partial charge in [0, 0.05) is 7.05 Å². The average Bonchev–Trinajstić information content (AvgIpc) is 3.04. The van der Waals surface area contributed by atoms with Crippen molar-refractivity contribution in [3.63, 3.8) is 0 Å². The van der Waals surface area contributed by atoms with Crippen molar-refractivity contribution in [1.29, 1.82) is 0 Å². The lowest BCUT2D eigenvalue weighted by molar-refractivity contribution is 0.229. The maximum Gasteiger partial charge on any atom is 0.265 e. The number of aryl methyl sites for hydroxylation is 2. The van der Waals surface area contributed by atoms with Gasteiger partial charge in [-0.15, -0.1) is 12.4 Å². The molecule has 0 unspecified atom stereocenters. The zero-order valence-corrected chi connectivity index (χ0v) is 13.5. The van der Waals surface area contributed by atoms with Gasteiger partial charge in [0.2, 0.25) is 5.71 Å². The third-order valence-corrected chi connectivity index (χ3v) is 4.28. The number of rotatable bonds is 2. The van der Waals surface area contributed by atoms with Crippen LogP contribution in [0.4, 0.5) is 0 Å². The number of hydrogen-bond donors (Lipinski definition) is 1. The summed E-state index contributed by atoms with van der Waals surface area (Å²) in [5.74, 6) is 1.23. The smallest absolute Gasteiger partial charge is 0.265 e. The molecule has 0 saturated heterocycles. The van der Waals surface area contributed by atoms with Crippen LogP contribution in [-0.4, -0.2) is 19.7 Å². The summed E-state index contributed by atoms with van der Waals surface area (Å²) in [6, 6.07) is 0. The van der Waals surface area contributed by atoms with Crippen LogP contribution in [-0.2, 0) is 12.6 Å². The molecule has 3 aromatic rings. The quantitative estimate of drug-likeness (QED) is 0.756. The number of fused-ring (bicyclic) bond motifs is 1. The predicted octanol–water partition coefficient (Wildman–Crippen LogP) is 1.64. The van der Waals surface area contributed by atoms with E-state index in [0.717, 1.165) is 19.3 Å². The molecule has 1 saturated carbocycles. The fourth-order valence-corrected chi connectivity index (χ4v) is 2.75. The first-order chi connectivity index (χ1) is 10.5. The van der Waals surface area contributed by atoms with Gasteiger partial charge in [-0.05, 0) is 26.2 Å². The molecule has 3 heterocycles. The van der Waals surface area contributed by atoms with Crippen LogP contribution < -0.4 is 11.3 Å². The first-order valence-electron chi connectivity index (χ1n) is 7.08. The van der Waals surface area contributed by atoms with Crippen molar-refractivity contribution < 1.29 is 8.94 Å². The third kappa shape index (κ3) is 2.17. The minimum Gasteiger partial charge on any atom is -0.442 e. The highest BCUT2D eigenvalue weighted by molar-refractivity contribution is 5.90. The normalized spacial score (nSPS) is 16.1. The van der Waals surface area contributed by atoms with Gasteiger partial charge in [0.05, 0.1) is 11.1 Å². The molecule has 8 nitrogen and oxygen atoms in total. The molecule has 0 amide bonds. The van der Waals surface area contributed by atoms with E-state index in [1.165, 1.54) is 10.9 Å². The van der Waals surface area contributed by atoms with E-state index in [1.54, 1.807) is 14.0 Å². The molecule has 122 valence electrons. The van der Waals surface area contributed by atoms with Crippen LogP contribution in [0.1, 0.15) is 30.8 Å². The van der Waals surface area contributed by atoms with Crippen LogP contribution in [0.2, 0.25) is 0 Å². The van der Waals surface area contributed by atoms with E-state index >= 15 is 0 Å². The van der Waals surface area contributed by atoms with Gasteiger partial charge in [-0.3, -0.25) is 4.79 Å². The van der Waals surface area contributed by atoms with E-state index in [9.17, 15) is 4.79 Å². The molecule has 23 heavy (non-hydrogen) atoms. The maximum atomic E-state index is 12.4. The minimum absolute atomic E-state index is 0. The molecule has 9 heteroatoms. The number of furan rings is 1. The molecule has 0 aromatic carbocycles. The van der Waals surface area contributed by atoms with Crippen LogP contribution in [0.5, 0.6) is 0 Å². The van der Waals surface area contributed by atoms with E-state index in [-0.39, 0.29) is 29.6 Å². The number of nitrogens with two attached hydrogens (primary N) is 1. The maximum absolute atomic E-state index is 12.4. The summed E-state index contributed by atoms with van der Waals surface area (Å²) in [6.07, 6.45) is 4.14. The standard InChI is InChI=1S/C14H15N5O3.ClH/c1-7-8(9-10(21-7)16-6-19(2)12(9)20)11-17-13(18-22-11)14(15)4-3-5-14;/h6H,3-5,15H2,1-2H3;1H. The van der Waals surface area contributed by atoms with Crippen molar-refractivity contribution in [2.75, 3.05) is 0 Å². The molecule has 2 N–H and O–H groups in total. The van der Waals surface area contributed by atoms with Crippen LogP contribution in [0.25, 0.3) is 22.6 Å². The highest BCUT2D eigenvalue weighted by atomic mass is 35.5. The number of halogens is 1. The Kier molecular flexibility index (Phi) is 3.53. The van der Waals surface area contributed by atoms with Crippen molar-refractivity contribution >= 4 is 23.5 Å². The fraction of sp³-hybridized carbons (Fsp3) is 0.429. The first kappa shape index (κ1) is 15.7. The Balaban J connectivity index is 0.00000156. The zero-order valence-electron chi connectivity index (χ0n) is 12.7. The Bertz CT molecular complexity index is 938. The van der Waals surface area contributed by atoms with Crippen molar-refractivity contribution in [2.45, 2.75) is 31.7 Å². The predicted molar refractivity (Wildman–Crippen MR) is 84.2 cm³/mol. The van der Waals surface area contributed by atoms with Gasteiger partial charge < -0.3 is 19.2 Å². The van der Waals surface area contributed by atoms with Gasteiger partial charge in [-0.25, -0.2) is 4.98 Å². The highest BCUT2D eigenvalue weighted by Crippen LogP contribution is 2.38. The Morgan fingerprint density at radius 3 is 2.78 bits per heavy atom. The average molecular weight is 338 g/mol. The Labute approximate surface area is 137 Å². The molecule has 1 aliphatic rings. The molecule has 1 fully saturated rings. The van der Waals surface area contributed by atoms with Gasteiger partial charge in [0.1, 0.15) is 17.5 Å². The van der Waals surface area contributed by atoms with Crippen LogP contribution in [0.15, 0.2) is 20.1 Å². The third-order valence-electron chi connectivity index (χ3n) is 4.28. The topological polar surface area (TPSA) is 113 Å². The molecule has 0 atom stereocenters. The second-order valence-electron chi connectivity index (χ2n) is 5.81. The largest absolute Gasteiger partial charge is 0.442 e. The van der Waals surface area contributed by atoms with E-state index in [4.69, 9.17) is 14.7 Å². The SMILES string of the molecule is Cc1oc2ncn(C)c(=O)c2c1-c1nc(C2(N)CCC2)no1.Cl.